The van der Waals surface area contributed by atoms with Gasteiger partial charge in [0.2, 0.25) is 11.8 Å². The molecule has 1 atom stereocenters. The first-order valence-corrected chi connectivity index (χ1v) is 11.4. The number of likely N-dealkylation sites (tertiary alicyclic amines) is 2. The normalized spacial score (nSPS) is 25.0. The van der Waals surface area contributed by atoms with Gasteiger partial charge in [-0.05, 0) is 58.5 Å². The number of rotatable bonds is 4. The van der Waals surface area contributed by atoms with E-state index in [1.54, 1.807) is 0 Å². The van der Waals surface area contributed by atoms with Crippen LogP contribution in [0.3, 0.4) is 0 Å². The molecule has 0 aromatic rings. The predicted molar refractivity (Wildman–Crippen MR) is 108 cm³/mol. The van der Waals surface area contributed by atoms with Crippen molar-refractivity contribution in [1.29, 1.82) is 0 Å². The minimum Gasteiger partial charge on any atom is -0.342 e. The Morgan fingerprint density at radius 1 is 0.815 bits per heavy atom. The van der Waals surface area contributed by atoms with Crippen LogP contribution in [0.5, 0.6) is 0 Å². The number of piperidine rings is 1. The third-order valence-corrected chi connectivity index (χ3v) is 7.17. The van der Waals surface area contributed by atoms with Crippen LogP contribution in [0, 0.1) is 5.92 Å². The Hall–Kier alpha value is -1.10. The first-order chi connectivity index (χ1) is 13.1. The summed E-state index contributed by atoms with van der Waals surface area (Å²) in [5, 5.41) is 0. The maximum Gasteiger partial charge on any atom is 0.239 e. The van der Waals surface area contributed by atoms with Gasteiger partial charge >= 0.3 is 0 Å². The molecule has 1 saturated carbocycles. The predicted octanol–water partition coefficient (Wildman–Crippen LogP) is 3.28. The summed E-state index contributed by atoms with van der Waals surface area (Å²) in [6.07, 6.45) is 12.8. The van der Waals surface area contributed by atoms with Gasteiger partial charge in [-0.25, -0.2) is 0 Å². The first kappa shape index (κ1) is 20.6. The molecule has 0 bridgehead atoms. The lowest BCUT2D eigenvalue weighted by Crippen LogP contribution is -2.52. The van der Waals surface area contributed by atoms with Gasteiger partial charge in [0.1, 0.15) is 0 Å². The molecule has 0 aromatic carbocycles. The number of carbonyl (C=O) groups excluding carboxylic acids is 2. The Balaban J connectivity index is 1.47. The van der Waals surface area contributed by atoms with E-state index < -0.39 is 0 Å². The van der Waals surface area contributed by atoms with Crippen LogP contribution in [0.4, 0.5) is 0 Å². The van der Waals surface area contributed by atoms with Gasteiger partial charge in [0, 0.05) is 32.1 Å². The molecule has 2 aliphatic heterocycles. The Kier molecular flexibility index (Phi) is 7.57. The van der Waals surface area contributed by atoms with Crippen molar-refractivity contribution < 1.29 is 9.59 Å². The lowest BCUT2D eigenvalue weighted by molar-refractivity contribution is -0.140. The molecule has 0 radical (unpaired) electrons. The molecule has 0 N–H and O–H groups in total. The molecule has 3 rings (SSSR count). The maximum absolute atomic E-state index is 13.0. The highest BCUT2D eigenvalue weighted by Gasteiger charge is 2.34. The smallest absolute Gasteiger partial charge is 0.239 e. The lowest BCUT2D eigenvalue weighted by Gasteiger charge is -2.39. The second-order valence-corrected chi connectivity index (χ2v) is 8.97. The van der Waals surface area contributed by atoms with E-state index >= 15 is 0 Å². The molecule has 1 aliphatic carbocycles. The second-order valence-electron chi connectivity index (χ2n) is 8.97. The van der Waals surface area contributed by atoms with Crippen molar-refractivity contribution >= 4 is 11.8 Å². The second kappa shape index (κ2) is 9.90. The zero-order chi connectivity index (χ0) is 19.2. The summed E-state index contributed by atoms with van der Waals surface area (Å²) in [6, 6.07) is 0.363. The number of likely N-dealkylation sites (N-methyl/N-ethyl adjacent to an activating group) is 1. The Morgan fingerprint density at radius 3 is 1.96 bits per heavy atom. The van der Waals surface area contributed by atoms with Crippen LogP contribution in [-0.2, 0) is 9.59 Å². The van der Waals surface area contributed by atoms with Crippen LogP contribution in [0.15, 0.2) is 0 Å². The van der Waals surface area contributed by atoms with Crippen molar-refractivity contribution in [2.24, 2.45) is 5.92 Å². The summed E-state index contributed by atoms with van der Waals surface area (Å²) in [5.41, 5.74) is 0. The van der Waals surface area contributed by atoms with Gasteiger partial charge in [0.25, 0.3) is 0 Å². The molecule has 1 unspecified atom stereocenters. The van der Waals surface area contributed by atoms with E-state index in [1.165, 1.54) is 32.1 Å². The molecule has 27 heavy (non-hydrogen) atoms. The highest BCUT2D eigenvalue weighted by Crippen LogP contribution is 2.25. The van der Waals surface area contributed by atoms with Gasteiger partial charge in [-0.15, -0.1) is 0 Å². The molecule has 5 heteroatoms. The van der Waals surface area contributed by atoms with E-state index in [-0.39, 0.29) is 17.9 Å². The molecular formula is C22H39N3O2. The van der Waals surface area contributed by atoms with Crippen LogP contribution in [0.2, 0.25) is 0 Å². The van der Waals surface area contributed by atoms with Gasteiger partial charge in [0.15, 0.2) is 0 Å². The largest absolute Gasteiger partial charge is 0.342 e. The van der Waals surface area contributed by atoms with Crippen LogP contribution in [0.25, 0.3) is 0 Å². The molecule has 0 spiro atoms. The summed E-state index contributed by atoms with van der Waals surface area (Å²) in [7, 11) is 1.99. The van der Waals surface area contributed by atoms with Crippen LogP contribution in [0.1, 0.15) is 77.6 Å². The number of nitrogens with zero attached hydrogens (tertiary/aromatic N) is 3. The van der Waals surface area contributed by atoms with Gasteiger partial charge in [-0.3, -0.25) is 14.5 Å². The van der Waals surface area contributed by atoms with E-state index in [4.69, 9.17) is 0 Å². The molecular weight excluding hydrogens is 338 g/mol. The summed E-state index contributed by atoms with van der Waals surface area (Å²) >= 11 is 0. The number of amides is 2. The number of hydrogen-bond acceptors (Lipinski definition) is 3. The average molecular weight is 378 g/mol. The quantitative estimate of drug-likeness (QED) is 0.755. The molecule has 3 fully saturated rings. The highest BCUT2D eigenvalue weighted by atomic mass is 16.2. The van der Waals surface area contributed by atoms with Crippen molar-refractivity contribution in [3.8, 4) is 0 Å². The molecule has 154 valence electrons. The van der Waals surface area contributed by atoms with Gasteiger partial charge in [-0.1, -0.05) is 32.1 Å². The summed E-state index contributed by atoms with van der Waals surface area (Å²) in [6.45, 7) is 5.68. The first-order valence-electron chi connectivity index (χ1n) is 11.4. The standard InChI is InChI=1S/C22H39N3O2/c1-18(21(26)23(2)20-10-6-5-7-11-20)24-16-12-19(13-17-24)22(27)25-14-8-3-4-9-15-25/h18-20H,3-17H2,1-2H3. The fourth-order valence-corrected chi connectivity index (χ4v) is 5.18. The van der Waals surface area contributed by atoms with Crippen molar-refractivity contribution in [3.63, 3.8) is 0 Å². The molecule has 2 heterocycles. The van der Waals surface area contributed by atoms with E-state index in [0.717, 1.165) is 64.7 Å². The van der Waals surface area contributed by atoms with Crippen molar-refractivity contribution in [1.82, 2.24) is 14.7 Å². The number of hydrogen-bond donors (Lipinski definition) is 0. The molecule has 5 nitrogen and oxygen atoms in total. The zero-order valence-electron chi connectivity index (χ0n) is 17.5. The van der Waals surface area contributed by atoms with E-state index in [0.29, 0.717) is 11.9 Å². The average Bonchev–Trinajstić information content (AvgIpc) is 3.02. The van der Waals surface area contributed by atoms with Crippen LogP contribution in [-0.4, -0.2) is 71.8 Å². The summed E-state index contributed by atoms with van der Waals surface area (Å²) < 4.78 is 0. The molecule has 3 aliphatic rings. The Labute approximate surface area is 165 Å². The summed E-state index contributed by atoms with van der Waals surface area (Å²) in [4.78, 5) is 32.2. The topological polar surface area (TPSA) is 43.9 Å². The Bertz CT molecular complexity index is 488. The SMILES string of the molecule is CC(C(=O)N(C)C1CCCCC1)N1CCC(C(=O)N2CCCCCC2)CC1. The maximum atomic E-state index is 13.0. The monoisotopic (exact) mass is 377 g/mol. The fraction of sp³-hybridized carbons (Fsp3) is 0.909. The third kappa shape index (κ3) is 5.24. The van der Waals surface area contributed by atoms with Crippen molar-refractivity contribution in [2.75, 3.05) is 33.2 Å². The van der Waals surface area contributed by atoms with Gasteiger partial charge < -0.3 is 9.80 Å². The van der Waals surface area contributed by atoms with E-state index in [9.17, 15) is 9.59 Å². The van der Waals surface area contributed by atoms with Gasteiger partial charge in [-0.2, -0.15) is 0 Å². The van der Waals surface area contributed by atoms with Crippen LogP contribution >= 0.6 is 0 Å². The minimum absolute atomic E-state index is 0.0637. The van der Waals surface area contributed by atoms with Crippen LogP contribution < -0.4 is 0 Å². The fourth-order valence-electron chi connectivity index (χ4n) is 5.18. The molecule has 2 amide bonds. The van der Waals surface area contributed by atoms with Gasteiger partial charge in [0.05, 0.1) is 6.04 Å². The highest BCUT2D eigenvalue weighted by molar-refractivity contribution is 5.82. The Morgan fingerprint density at radius 2 is 1.37 bits per heavy atom. The molecule has 2 saturated heterocycles. The minimum atomic E-state index is -0.0637. The van der Waals surface area contributed by atoms with Crippen molar-refractivity contribution in [3.05, 3.63) is 0 Å². The molecule has 0 aromatic heterocycles. The third-order valence-electron chi connectivity index (χ3n) is 7.17. The van der Waals surface area contributed by atoms with E-state index in [1.807, 2.05) is 11.9 Å². The summed E-state index contributed by atoms with van der Waals surface area (Å²) in [5.74, 6) is 0.798. The zero-order valence-corrected chi connectivity index (χ0v) is 17.5. The van der Waals surface area contributed by atoms with Crippen molar-refractivity contribution in [2.45, 2.75) is 89.6 Å². The number of carbonyl (C=O) groups is 2. The van der Waals surface area contributed by atoms with E-state index in [2.05, 4.69) is 16.7 Å². The lowest BCUT2D eigenvalue weighted by atomic mass is 9.93.